The molecule has 3 atom stereocenters. The zero-order valence-electron chi connectivity index (χ0n) is 25.4. The molecule has 0 aromatic heterocycles. The minimum absolute atomic E-state index is 0.0422. The van der Waals surface area contributed by atoms with Gasteiger partial charge in [0.25, 0.3) is 0 Å². The van der Waals surface area contributed by atoms with Crippen molar-refractivity contribution in [3.63, 3.8) is 0 Å². The van der Waals surface area contributed by atoms with Crippen molar-refractivity contribution < 1.29 is 34.1 Å². The van der Waals surface area contributed by atoms with Gasteiger partial charge in [0.2, 0.25) is 5.91 Å². The summed E-state index contributed by atoms with van der Waals surface area (Å²) < 4.78 is 11.7. The molecule has 0 bridgehead atoms. The summed E-state index contributed by atoms with van der Waals surface area (Å²) in [5.74, 6) is 0.0354. The number of carbonyl (C=O) groups is 3. The Balaban J connectivity index is 1.53. The van der Waals surface area contributed by atoms with Crippen molar-refractivity contribution in [2.75, 3.05) is 44.5 Å². The minimum atomic E-state index is -0.969. The number of aromatic carboxylic acids is 1. The average molecular weight is 605 g/mol. The highest BCUT2D eigenvalue weighted by Crippen LogP contribution is 2.29. The molecule has 4 rings (SSSR count). The number of amides is 3. The normalized spacial score (nSPS) is 17.4. The number of nitrogens with one attached hydrogen (secondary N) is 2. The van der Waals surface area contributed by atoms with Crippen LogP contribution in [-0.2, 0) is 17.8 Å². The molecular formula is C33H40N4O7. The number of nitrogens with zero attached hydrogens (tertiary/aromatic N) is 2. The van der Waals surface area contributed by atoms with E-state index in [1.54, 1.807) is 78.7 Å². The van der Waals surface area contributed by atoms with Gasteiger partial charge in [0.05, 0.1) is 31.7 Å². The smallest absolute Gasteiger partial charge is 0.335 e. The van der Waals surface area contributed by atoms with E-state index in [-0.39, 0.29) is 42.6 Å². The third-order valence-corrected chi connectivity index (χ3v) is 7.67. The Hall–Kier alpha value is -4.61. The number of aliphatic hydroxyl groups is 1. The van der Waals surface area contributed by atoms with Gasteiger partial charge >= 0.3 is 12.0 Å². The Morgan fingerprint density at radius 1 is 1.07 bits per heavy atom. The molecule has 0 fully saturated rings. The van der Waals surface area contributed by atoms with Crippen LogP contribution in [0.1, 0.15) is 35.3 Å². The third kappa shape index (κ3) is 8.48. The molecule has 0 radical (unpaired) electrons. The van der Waals surface area contributed by atoms with Gasteiger partial charge in [-0.15, -0.1) is 0 Å². The number of carboxylic acids is 1. The van der Waals surface area contributed by atoms with Crippen LogP contribution < -0.4 is 20.1 Å². The van der Waals surface area contributed by atoms with Crippen molar-refractivity contribution >= 4 is 29.3 Å². The second kappa shape index (κ2) is 14.7. The summed E-state index contributed by atoms with van der Waals surface area (Å²) in [5.41, 5.74) is 2.91. The zero-order valence-corrected chi connectivity index (χ0v) is 25.4. The quantitative estimate of drug-likeness (QED) is 0.268. The van der Waals surface area contributed by atoms with Crippen LogP contribution in [0, 0.1) is 5.92 Å². The lowest BCUT2D eigenvalue weighted by atomic mass is 10.0. The van der Waals surface area contributed by atoms with Gasteiger partial charge in [-0.2, -0.15) is 0 Å². The lowest BCUT2D eigenvalue weighted by Crippen LogP contribution is -2.47. The van der Waals surface area contributed by atoms with Crippen LogP contribution in [-0.4, -0.2) is 83.9 Å². The van der Waals surface area contributed by atoms with E-state index in [9.17, 15) is 24.6 Å². The number of anilines is 2. The first kappa shape index (κ1) is 32.3. The molecule has 0 unspecified atom stereocenters. The van der Waals surface area contributed by atoms with Crippen LogP contribution >= 0.6 is 0 Å². The molecule has 0 saturated carbocycles. The first-order valence-electron chi connectivity index (χ1n) is 14.5. The van der Waals surface area contributed by atoms with Crippen LogP contribution in [0.25, 0.3) is 0 Å². The number of benzene rings is 3. The molecule has 0 saturated heterocycles. The van der Waals surface area contributed by atoms with Crippen LogP contribution in [0.2, 0.25) is 0 Å². The van der Waals surface area contributed by atoms with Gasteiger partial charge in [-0.05, 0) is 74.1 Å². The Morgan fingerprint density at radius 3 is 2.36 bits per heavy atom. The van der Waals surface area contributed by atoms with Crippen molar-refractivity contribution in [2.24, 2.45) is 5.92 Å². The predicted molar refractivity (Wildman–Crippen MR) is 167 cm³/mol. The van der Waals surface area contributed by atoms with Crippen molar-refractivity contribution in [3.8, 4) is 11.5 Å². The molecule has 0 spiro atoms. The van der Waals surface area contributed by atoms with Gasteiger partial charge in [-0.25, -0.2) is 9.59 Å². The molecule has 234 valence electrons. The Bertz CT molecular complexity index is 1450. The number of fused-ring (bicyclic) bond motifs is 1. The van der Waals surface area contributed by atoms with E-state index in [1.807, 2.05) is 20.9 Å². The molecule has 11 heteroatoms. The number of methoxy groups -OCH3 is 1. The van der Waals surface area contributed by atoms with E-state index in [2.05, 4.69) is 15.5 Å². The highest BCUT2D eigenvalue weighted by Gasteiger charge is 2.31. The molecule has 0 aliphatic carbocycles. The lowest BCUT2D eigenvalue weighted by Gasteiger charge is -2.34. The van der Waals surface area contributed by atoms with Crippen molar-refractivity contribution in [2.45, 2.75) is 39.0 Å². The van der Waals surface area contributed by atoms with Crippen molar-refractivity contribution in [1.29, 1.82) is 0 Å². The highest BCUT2D eigenvalue weighted by atomic mass is 16.5. The van der Waals surface area contributed by atoms with E-state index in [0.717, 1.165) is 5.56 Å². The summed E-state index contributed by atoms with van der Waals surface area (Å²) in [7, 11) is 3.53. The Kier molecular flexibility index (Phi) is 10.8. The number of urea groups is 1. The fraction of sp³-hybridized carbons (Fsp3) is 0.364. The third-order valence-electron chi connectivity index (χ3n) is 7.67. The summed E-state index contributed by atoms with van der Waals surface area (Å²) in [6, 6.07) is 18.1. The molecule has 1 heterocycles. The monoisotopic (exact) mass is 604 g/mol. The van der Waals surface area contributed by atoms with Crippen LogP contribution in [0.3, 0.4) is 0 Å². The number of ether oxygens (including phenoxy) is 2. The molecule has 1 aliphatic heterocycles. The van der Waals surface area contributed by atoms with Gasteiger partial charge < -0.3 is 35.2 Å². The van der Waals surface area contributed by atoms with Crippen LogP contribution in [0.15, 0.2) is 66.7 Å². The number of hydrogen-bond acceptors (Lipinski definition) is 7. The zero-order chi connectivity index (χ0) is 31.8. The van der Waals surface area contributed by atoms with Gasteiger partial charge in [0, 0.05) is 42.5 Å². The van der Waals surface area contributed by atoms with Crippen LogP contribution in [0.5, 0.6) is 11.5 Å². The van der Waals surface area contributed by atoms with Gasteiger partial charge in [-0.3, -0.25) is 9.69 Å². The standard InChI is InChI=1S/C33H40N4O7/c1-21-17-37(22(2)20-38)31(39)16-25-15-27(35-33(42)34-26-9-12-28(43-4)13-10-26)11-14-29(25)44-30(21)19-36(3)18-23-5-7-24(8-6-23)32(40)41/h5-15,21-22,30,38H,16-20H2,1-4H3,(H,40,41)(H2,34,35,42)/t21-,22-,30-/m0/s1. The van der Waals surface area contributed by atoms with E-state index in [1.165, 1.54) is 0 Å². The largest absolute Gasteiger partial charge is 0.497 e. The number of carboxylic acid groups (broad SMARTS) is 1. The highest BCUT2D eigenvalue weighted by molar-refractivity contribution is 6.00. The fourth-order valence-electron chi connectivity index (χ4n) is 5.13. The summed E-state index contributed by atoms with van der Waals surface area (Å²) >= 11 is 0. The maximum Gasteiger partial charge on any atom is 0.335 e. The molecule has 3 aromatic rings. The van der Waals surface area contributed by atoms with E-state index < -0.39 is 12.0 Å². The van der Waals surface area contributed by atoms with Gasteiger partial charge in [-0.1, -0.05) is 19.1 Å². The van der Waals surface area contributed by atoms with Crippen LogP contribution in [0.4, 0.5) is 16.2 Å². The van der Waals surface area contributed by atoms with E-state index >= 15 is 0 Å². The SMILES string of the molecule is COc1ccc(NC(=O)Nc2ccc3c(c2)CC(=O)N([C@@H](C)CO)C[C@H](C)[C@H](CN(C)Cc2ccc(C(=O)O)cc2)O3)cc1. The average Bonchev–Trinajstić information content (AvgIpc) is 3.04. The molecule has 4 N–H and O–H groups in total. The topological polar surface area (TPSA) is 141 Å². The molecule has 3 amide bonds. The Morgan fingerprint density at radius 2 is 1.73 bits per heavy atom. The predicted octanol–water partition coefficient (Wildman–Crippen LogP) is 4.32. The van der Waals surface area contributed by atoms with Gasteiger partial charge in [0.15, 0.2) is 0 Å². The Labute approximate surface area is 257 Å². The molecule has 1 aliphatic rings. The number of hydrogen-bond donors (Lipinski definition) is 4. The summed E-state index contributed by atoms with van der Waals surface area (Å²) in [4.78, 5) is 41.2. The summed E-state index contributed by atoms with van der Waals surface area (Å²) in [5, 5.41) is 24.7. The van der Waals surface area contributed by atoms with Crippen molar-refractivity contribution in [3.05, 3.63) is 83.4 Å². The summed E-state index contributed by atoms with van der Waals surface area (Å²) in [6.07, 6.45) is -0.269. The fourth-order valence-corrected chi connectivity index (χ4v) is 5.13. The van der Waals surface area contributed by atoms with Crippen molar-refractivity contribution in [1.82, 2.24) is 9.80 Å². The number of carbonyl (C=O) groups excluding carboxylic acids is 2. The number of rotatable bonds is 10. The van der Waals surface area contributed by atoms with Gasteiger partial charge in [0.1, 0.15) is 17.6 Å². The van der Waals surface area contributed by atoms with E-state index in [4.69, 9.17) is 9.47 Å². The van der Waals surface area contributed by atoms with E-state index in [0.29, 0.717) is 48.1 Å². The first-order chi connectivity index (χ1) is 21.1. The minimum Gasteiger partial charge on any atom is -0.497 e. The maximum absolute atomic E-state index is 13.5. The second-order valence-electron chi connectivity index (χ2n) is 11.2. The molecular weight excluding hydrogens is 564 g/mol. The lowest BCUT2D eigenvalue weighted by molar-refractivity contribution is -0.134. The second-order valence-corrected chi connectivity index (χ2v) is 11.2. The molecule has 44 heavy (non-hydrogen) atoms. The molecule has 11 nitrogen and oxygen atoms in total. The summed E-state index contributed by atoms with van der Waals surface area (Å²) in [6.45, 7) is 5.16. The maximum atomic E-state index is 13.5. The first-order valence-corrected chi connectivity index (χ1v) is 14.5. The number of likely N-dealkylation sites (N-methyl/N-ethyl adjacent to an activating group) is 1. The number of aliphatic hydroxyl groups excluding tert-OH is 1. The molecule has 3 aromatic carbocycles.